The van der Waals surface area contributed by atoms with Gasteiger partial charge in [0.05, 0.1) is 17.6 Å². The van der Waals surface area contributed by atoms with E-state index in [2.05, 4.69) is 9.97 Å². The van der Waals surface area contributed by atoms with Gasteiger partial charge in [0, 0.05) is 12.5 Å². The van der Waals surface area contributed by atoms with Crippen LogP contribution in [0.25, 0.3) is 17.1 Å². The second-order valence-corrected chi connectivity index (χ2v) is 5.88. The molecular weight excluding hydrogens is 366 g/mol. The fraction of sp³-hybridized carbons (Fsp3) is 0.200. The lowest BCUT2D eigenvalue weighted by molar-refractivity contribution is -0.124. The van der Waals surface area contributed by atoms with Crippen molar-refractivity contribution in [2.75, 3.05) is 6.61 Å². The highest BCUT2D eigenvalue weighted by molar-refractivity contribution is 5.90. The van der Waals surface area contributed by atoms with E-state index in [1.807, 2.05) is 48.5 Å². The summed E-state index contributed by atoms with van der Waals surface area (Å²) in [5.74, 6) is 1.24. The summed E-state index contributed by atoms with van der Waals surface area (Å²) < 4.78 is 5.73. The molecule has 0 saturated heterocycles. The van der Waals surface area contributed by atoms with Gasteiger partial charge < -0.3 is 9.72 Å². The Morgan fingerprint density at radius 1 is 1.15 bits per heavy atom. The Morgan fingerprint density at radius 2 is 1.93 bits per heavy atom. The summed E-state index contributed by atoms with van der Waals surface area (Å²) in [6, 6.07) is 15.4. The van der Waals surface area contributed by atoms with Crippen LogP contribution in [0.2, 0.25) is 0 Å². The number of nitrogens with zero attached hydrogens (tertiary/aromatic N) is 1. The molecule has 27 heavy (non-hydrogen) atoms. The number of ether oxygens (including phenoxy) is 1. The van der Waals surface area contributed by atoms with Crippen LogP contribution in [-0.2, 0) is 11.2 Å². The number of aryl methyl sites for hydroxylation is 1. The first-order chi connectivity index (χ1) is 12.7. The number of carbonyl (C=O) groups excluding carboxylic acids is 1. The topological polar surface area (TPSA) is 87.2 Å². The summed E-state index contributed by atoms with van der Waals surface area (Å²) >= 11 is 0. The summed E-state index contributed by atoms with van der Waals surface area (Å²) in [7, 11) is 0. The lowest BCUT2D eigenvalue weighted by atomic mass is 10.2. The maximum absolute atomic E-state index is 10.9. The molecule has 0 unspecified atom stereocenters. The van der Waals surface area contributed by atoms with E-state index >= 15 is 0 Å². The number of imidazole rings is 1. The molecular formula is C20H22ClN3O3. The van der Waals surface area contributed by atoms with E-state index in [1.54, 1.807) is 11.6 Å². The number of carbonyl (C=O) groups is 1. The smallest absolute Gasteiger partial charge is 0.267 e. The van der Waals surface area contributed by atoms with E-state index in [9.17, 15) is 4.79 Å². The maximum atomic E-state index is 10.9. The van der Waals surface area contributed by atoms with E-state index in [1.165, 1.54) is 6.08 Å². The number of aromatic amines is 1. The molecule has 0 saturated carbocycles. The van der Waals surface area contributed by atoms with Crippen molar-refractivity contribution in [3.05, 3.63) is 66.0 Å². The molecule has 1 aromatic heterocycles. The third kappa shape index (κ3) is 6.13. The molecule has 0 aliphatic rings. The van der Waals surface area contributed by atoms with Crippen LogP contribution in [0.3, 0.4) is 0 Å². The van der Waals surface area contributed by atoms with Crippen molar-refractivity contribution in [1.82, 2.24) is 15.4 Å². The number of hydrogen-bond donors (Lipinski definition) is 3. The van der Waals surface area contributed by atoms with E-state index in [4.69, 9.17) is 9.94 Å². The van der Waals surface area contributed by atoms with Crippen LogP contribution in [0.5, 0.6) is 5.75 Å². The van der Waals surface area contributed by atoms with Crippen molar-refractivity contribution in [2.45, 2.75) is 19.3 Å². The summed E-state index contributed by atoms with van der Waals surface area (Å²) in [4.78, 5) is 18.8. The summed E-state index contributed by atoms with van der Waals surface area (Å²) in [6.45, 7) is 0.641. The Balaban J connectivity index is 0.00000261. The maximum Gasteiger partial charge on any atom is 0.267 e. The van der Waals surface area contributed by atoms with Gasteiger partial charge in [-0.2, -0.15) is 0 Å². The Labute approximate surface area is 163 Å². The Kier molecular flexibility index (Phi) is 7.85. The molecule has 0 bridgehead atoms. The number of halogens is 1. The molecule has 3 N–H and O–H groups in total. The van der Waals surface area contributed by atoms with Gasteiger partial charge in [-0.1, -0.05) is 24.3 Å². The first-order valence-corrected chi connectivity index (χ1v) is 8.53. The molecule has 0 fully saturated rings. The molecule has 1 amide bonds. The normalized spacial score (nSPS) is 10.7. The monoisotopic (exact) mass is 387 g/mol. The average molecular weight is 388 g/mol. The molecule has 7 heteroatoms. The van der Waals surface area contributed by atoms with E-state index in [0.717, 1.165) is 47.4 Å². The number of unbranched alkanes of at least 4 members (excludes halogenated alkanes) is 1. The Bertz CT molecular complexity index is 858. The number of fused-ring (bicyclic) bond motifs is 1. The predicted octanol–water partition coefficient (Wildman–Crippen LogP) is 3.91. The SMILES string of the molecule is Cl.O=C(/C=C/c1ccc(OCCCCc2nc3ccccc3[nH]2)cc1)NO. The number of H-pyrrole nitrogens is 1. The highest BCUT2D eigenvalue weighted by Gasteiger charge is 2.02. The zero-order valence-electron chi connectivity index (χ0n) is 14.7. The number of hydroxylamine groups is 1. The van der Waals surface area contributed by atoms with Gasteiger partial charge in [0.1, 0.15) is 11.6 Å². The third-order valence-electron chi connectivity index (χ3n) is 3.93. The number of amides is 1. The quantitative estimate of drug-likeness (QED) is 0.237. The first kappa shape index (κ1) is 20.5. The Hall–Kier alpha value is -2.83. The second kappa shape index (κ2) is 10.4. The molecule has 3 rings (SSSR count). The van der Waals surface area contributed by atoms with Crippen molar-refractivity contribution >= 4 is 35.4 Å². The van der Waals surface area contributed by atoms with Crippen molar-refractivity contribution in [1.29, 1.82) is 0 Å². The van der Waals surface area contributed by atoms with E-state index < -0.39 is 5.91 Å². The van der Waals surface area contributed by atoms with Crippen LogP contribution >= 0.6 is 12.4 Å². The highest BCUT2D eigenvalue weighted by atomic mass is 35.5. The minimum Gasteiger partial charge on any atom is -0.494 e. The molecule has 0 aliphatic heterocycles. The minimum absolute atomic E-state index is 0. The number of para-hydroxylation sites is 2. The fourth-order valence-corrected chi connectivity index (χ4v) is 2.59. The molecule has 6 nitrogen and oxygen atoms in total. The van der Waals surface area contributed by atoms with E-state index in [-0.39, 0.29) is 12.4 Å². The minimum atomic E-state index is -0.560. The number of rotatable bonds is 8. The number of nitrogens with one attached hydrogen (secondary N) is 2. The van der Waals surface area contributed by atoms with E-state index in [0.29, 0.717) is 6.61 Å². The van der Waals surface area contributed by atoms with Crippen LogP contribution in [0.1, 0.15) is 24.2 Å². The van der Waals surface area contributed by atoms with Gasteiger partial charge in [-0.3, -0.25) is 10.0 Å². The molecule has 3 aromatic rings. The van der Waals surface area contributed by atoms with Crippen molar-refractivity contribution in [3.63, 3.8) is 0 Å². The van der Waals surface area contributed by atoms with Crippen LogP contribution in [0.15, 0.2) is 54.6 Å². The molecule has 2 aromatic carbocycles. The molecule has 0 aliphatic carbocycles. The van der Waals surface area contributed by atoms with Gasteiger partial charge in [0.25, 0.3) is 5.91 Å². The summed E-state index contributed by atoms with van der Waals surface area (Å²) in [5.41, 5.74) is 4.48. The van der Waals surface area contributed by atoms with Crippen LogP contribution in [0, 0.1) is 0 Å². The van der Waals surface area contributed by atoms with Crippen molar-refractivity contribution in [2.24, 2.45) is 0 Å². The zero-order valence-corrected chi connectivity index (χ0v) is 15.5. The largest absolute Gasteiger partial charge is 0.494 e. The van der Waals surface area contributed by atoms with Crippen LogP contribution in [0.4, 0.5) is 0 Å². The van der Waals surface area contributed by atoms with Crippen LogP contribution in [-0.4, -0.2) is 27.7 Å². The van der Waals surface area contributed by atoms with Gasteiger partial charge in [-0.15, -0.1) is 12.4 Å². The number of hydrogen-bond acceptors (Lipinski definition) is 4. The lowest BCUT2D eigenvalue weighted by Crippen LogP contribution is -2.14. The van der Waals surface area contributed by atoms with Crippen molar-refractivity contribution < 1.29 is 14.7 Å². The second-order valence-electron chi connectivity index (χ2n) is 5.88. The summed E-state index contributed by atoms with van der Waals surface area (Å²) in [6.07, 6.45) is 5.71. The van der Waals surface area contributed by atoms with Crippen molar-refractivity contribution in [3.8, 4) is 5.75 Å². The zero-order chi connectivity index (χ0) is 18.2. The first-order valence-electron chi connectivity index (χ1n) is 8.53. The summed E-state index contributed by atoms with van der Waals surface area (Å²) in [5, 5.41) is 8.43. The molecule has 0 spiro atoms. The molecule has 0 radical (unpaired) electrons. The van der Waals surface area contributed by atoms with Crippen LogP contribution < -0.4 is 10.2 Å². The predicted molar refractivity (Wildman–Crippen MR) is 107 cm³/mol. The number of aromatic nitrogens is 2. The third-order valence-corrected chi connectivity index (χ3v) is 3.93. The highest BCUT2D eigenvalue weighted by Crippen LogP contribution is 2.15. The molecule has 1 heterocycles. The van der Waals surface area contributed by atoms with Gasteiger partial charge in [0.15, 0.2) is 0 Å². The van der Waals surface area contributed by atoms with Gasteiger partial charge in [0.2, 0.25) is 0 Å². The average Bonchev–Trinajstić information content (AvgIpc) is 3.09. The fourth-order valence-electron chi connectivity index (χ4n) is 2.59. The molecule has 0 atom stereocenters. The number of benzene rings is 2. The standard InChI is InChI=1S/C20H21N3O3.ClH/c24-20(23-25)13-10-15-8-11-16(12-9-15)26-14-4-3-7-19-21-17-5-1-2-6-18(17)22-19;/h1-2,5-6,8-13,25H,3-4,7,14H2,(H,21,22)(H,23,24);1H/b13-10+;. The van der Waals surface area contributed by atoms with Gasteiger partial charge in [-0.05, 0) is 48.7 Å². The van der Waals surface area contributed by atoms with Gasteiger partial charge in [-0.25, -0.2) is 10.5 Å². The Morgan fingerprint density at radius 3 is 2.67 bits per heavy atom. The van der Waals surface area contributed by atoms with Gasteiger partial charge >= 0.3 is 0 Å². The molecule has 142 valence electrons. The lowest BCUT2D eigenvalue weighted by Gasteiger charge is -2.06.